The molecule has 1 amide bonds. The summed E-state index contributed by atoms with van der Waals surface area (Å²) in [5.41, 5.74) is 0.993. The Morgan fingerprint density at radius 2 is 2.14 bits per heavy atom. The van der Waals surface area contributed by atoms with Crippen LogP contribution in [-0.4, -0.2) is 29.6 Å². The minimum atomic E-state index is -0.101. The highest BCUT2D eigenvalue weighted by Crippen LogP contribution is 2.19. The van der Waals surface area contributed by atoms with E-state index in [-0.39, 0.29) is 18.6 Å². The van der Waals surface area contributed by atoms with Crippen LogP contribution in [0.25, 0.3) is 0 Å². The maximum Gasteiger partial charge on any atom is 0.258 e. The van der Waals surface area contributed by atoms with Gasteiger partial charge in [0.05, 0.1) is 11.9 Å². The second-order valence-electron chi connectivity index (χ2n) is 6.03. The number of nitrogens with zero attached hydrogens (tertiary/aromatic N) is 1. The van der Waals surface area contributed by atoms with Gasteiger partial charge in [0.25, 0.3) is 5.91 Å². The molecule has 2 N–H and O–H groups in total. The van der Waals surface area contributed by atoms with Gasteiger partial charge in [0.15, 0.2) is 6.61 Å². The van der Waals surface area contributed by atoms with Gasteiger partial charge in [0.2, 0.25) is 0 Å². The van der Waals surface area contributed by atoms with Crippen LogP contribution in [0.1, 0.15) is 39.3 Å². The molecule has 1 saturated carbocycles. The Morgan fingerprint density at radius 3 is 2.71 bits per heavy atom. The number of nitrogens with one attached hydrogen (secondary N) is 2. The van der Waals surface area contributed by atoms with Crippen LogP contribution < -0.4 is 15.4 Å². The summed E-state index contributed by atoms with van der Waals surface area (Å²) in [5, 5.41) is 6.31. The maximum absolute atomic E-state index is 11.7. The summed E-state index contributed by atoms with van der Waals surface area (Å²) in [6, 6.07) is 4.61. The van der Waals surface area contributed by atoms with E-state index in [1.807, 2.05) is 19.1 Å². The summed E-state index contributed by atoms with van der Waals surface area (Å²) < 4.78 is 5.45. The SMILES string of the molecule is CC(C)C(C)NC(=O)COc1ccc(CNC2CC2)nc1. The van der Waals surface area contributed by atoms with E-state index >= 15 is 0 Å². The average molecular weight is 291 g/mol. The smallest absolute Gasteiger partial charge is 0.258 e. The van der Waals surface area contributed by atoms with E-state index in [0.29, 0.717) is 17.7 Å². The molecular formula is C16H25N3O2. The van der Waals surface area contributed by atoms with Crippen molar-refractivity contribution in [1.29, 1.82) is 0 Å². The van der Waals surface area contributed by atoms with Crippen LogP contribution in [0, 0.1) is 5.92 Å². The Bertz CT molecular complexity index is 455. The molecule has 1 aromatic heterocycles. The van der Waals surface area contributed by atoms with E-state index in [9.17, 15) is 4.79 Å². The fourth-order valence-electron chi connectivity index (χ4n) is 1.75. The lowest BCUT2D eigenvalue weighted by Gasteiger charge is -2.17. The van der Waals surface area contributed by atoms with Crippen LogP contribution in [-0.2, 0) is 11.3 Å². The normalized spacial score (nSPS) is 15.8. The molecule has 1 aromatic rings. The van der Waals surface area contributed by atoms with E-state index in [1.54, 1.807) is 6.20 Å². The van der Waals surface area contributed by atoms with Crippen LogP contribution >= 0.6 is 0 Å². The maximum atomic E-state index is 11.7. The highest BCUT2D eigenvalue weighted by molar-refractivity contribution is 5.77. The van der Waals surface area contributed by atoms with Crippen molar-refractivity contribution in [2.75, 3.05) is 6.61 Å². The minimum absolute atomic E-state index is 0.0262. The predicted octanol–water partition coefficient (Wildman–Crippen LogP) is 1.87. The van der Waals surface area contributed by atoms with Gasteiger partial charge < -0.3 is 15.4 Å². The molecule has 0 aliphatic heterocycles. The number of hydrogen-bond donors (Lipinski definition) is 2. The molecule has 0 bridgehead atoms. The lowest BCUT2D eigenvalue weighted by molar-refractivity contribution is -0.124. The summed E-state index contributed by atoms with van der Waals surface area (Å²) >= 11 is 0. The van der Waals surface area contributed by atoms with Gasteiger partial charge in [-0.1, -0.05) is 13.8 Å². The molecular weight excluding hydrogens is 266 g/mol. The molecule has 1 unspecified atom stereocenters. The third-order valence-electron chi connectivity index (χ3n) is 3.71. The Balaban J connectivity index is 1.71. The number of rotatable bonds is 8. The third-order valence-corrected chi connectivity index (χ3v) is 3.71. The second kappa shape index (κ2) is 7.41. The monoisotopic (exact) mass is 291 g/mol. The van der Waals surface area contributed by atoms with Gasteiger partial charge in [-0.25, -0.2) is 0 Å². The molecule has 5 nitrogen and oxygen atoms in total. The fourth-order valence-corrected chi connectivity index (χ4v) is 1.75. The molecule has 1 aliphatic rings. The number of carbonyl (C=O) groups excluding carboxylic acids is 1. The van der Waals surface area contributed by atoms with E-state index < -0.39 is 0 Å². The van der Waals surface area contributed by atoms with Crippen molar-refractivity contribution in [2.45, 2.75) is 52.2 Å². The molecule has 1 heterocycles. The fraction of sp³-hybridized carbons (Fsp3) is 0.625. The molecule has 5 heteroatoms. The molecule has 0 spiro atoms. The van der Waals surface area contributed by atoms with Crippen molar-refractivity contribution >= 4 is 5.91 Å². The minimum Gasteiger partial charge on any atom is -0.482 e. The van der Waals surface area contributed by atoms with Gasteiger partial charge in [0, 0.05) is 18.6 Å². The van der Waals surface area contributed by atoms with Gasteiger partial charge >= 0.3 is 0 Å². The number of amides is 1. The molecule has 21 heavy (non-hydrogen) atoms. The quantitative estimate of drug-likeness (QED) is 0.767. The number of aromatic nitrogens is 1. The van der Waals surface area contributed by atoms with Gasteiger partial charge in [-0.3, -0.25) is 9.78 Å². The lowest BCUT2D eigenvalue weighted by atomic mass is 10.1. The average Bonchev–Trinajstić information content (AvgIpc) is 3.28. The van der Waals surface area contributed by atoms with Crippen LogP contribution in [0.3, 0.4) is 0 Å². The number of ether oxygens (including phenoxy) is 1. The molecule has 116 valence electrons. The van der Waals surface area contributed by atoms with Gasteiger partial charge in [-0.2, -0.15) is 0 Å². The van der Waals surface area contributed by atoms with Crippen LogP contribution in [0.15, 0.2) is 18.3 Å². The topological polar surface area (TPSA) is 63.2 Å². The largest absolute Gasteiger partial charge is 0.482 e. The molecule has 2 rings (SSSR count). The van der Waals surface area contributed by atoms with Crippen LogP contribution in [0.5, 0.6) is 5.75 Å². The zero-order valence-corrected chi connectivity index (χ0v) is 13.1. The van der Waals surface area contributed by atoms with Crippen LogP contribution in [0.4, 0.5) is 0 Å². The van der Waals surface area contributed by atoms with Gasteiger partial charge in [-0.05, 0) is 37.8 Å². The van der Waals surface area contributed by atoms with Crippen molar-refractivity contribution < 1.29 is 9.53 Å². The Labute approximate surface area is 126 Å². The van der Waals surface area contributed by atoms with E-state index in [2.05, 4.69) is 29.5 Å². The van der Waals surface area contributed by atoms with E-state index in [0.717, 1.165) is 12.2 Å². The summed E-state index contributed by atoms with van der Waals surface area (Å²) in [4.78, 5) is 16.0. The zero-order chi connectivity index (χ0) is 15.2. The lowest BCUT2D eigenvalue weighted by Crippen LogP contribution is -2.38. The van der Waals surface area contributed by atoms with Crippen molar-refractivity contribution in [2.24, 2.45) is 5.92 Å². The molecule has 0 radical (unpaired) electrons. The van der Waals surface area contributed by atoms with Crippen LogP contribution in [0.2, 0.25) is 0 Å². The molecule has 0 saturated heterocycles. The highest BCUT2D eigenvalue weighted by Gasteiger charge is 2.20. The first kappa shape index (κ1) is 15.8. The Kier molecular flexibility index (Phi) is 5.56. The Morgan fingerprint density at radius 1 is 1.38 bits per heavy atom. The molecule has 1 fully saturated rings. The third kappa shape index (κ3) is 5.71. The first-order valence-electron chi connectivity index (χ1n) is 7.65. The first-order chi connectivity index (χ1) is 10.0. The molecule has 0 aromatic carbocycles. The number of pyridine rings is 1. The van der Waals surface area contributed by atoms with Crippen molar-refractivity contribution in [3.8, 4) is 5.75 Å². The van der Waals surface area contributed by atoms with Crippen molar-refractivity contribution in [1.82, 2.24) is 15.6 Å². The predicted molar refractivity (Wildman–Crippen MR) is 82.0 cm³/mol. The standard InChI is InChI=1S/C16H25N3O2/c1-11(2)12(3)19-16(20)10-21-15-7-6-14(18-9-15)8-17-13-4-5-13/h6-7,9,11-13,17H,4-5,8,10H2,1-3H3,(H,19,20). The zero-order valence-electron chi connectivity index (χ0n) is 13.1. The van der Waals surface area contributed by atoms with Crippen molar-refractivity contribution in [3.63, 3.8) is 0 Å². The number of hydrogen-bond acceptors (Lipinski definition) is 4. The summed E-state index contributed by atoms with van der Waals surface area (Å²) in [5.74, 6) is 0.932. The second-order valence-corrected chi connectivity index (χ2v) is 6.03. The van der Waals surface area contributed by atoms with Crippen molar-refractivity contribution in [3.05, 3.63) is 24.0 Å². The van der Waals surface area contributed by atoms with Gasteiger partial charge in [0.1, 0.15) is 5.75 Å². The summed E-state index contributed by atoms with van der Waals surface area (Å²) in [6.07, 6.45) is 4.21. The molecule has 1 aliphatic carbocycles. The highest BCUT2D eigenvalue weighted by atomic mass is 16.5. The molecule has 1 atom stereocenters. The summed E-state index contributed by atoms with van der Waals surface area (Å²) in [7, 11) is 0. The first-order valence-corrected chi connectivity index (χ1v) is 7.65. The van der Waals surface area contributed by atoms with Gasteiger partial charge in [-0.15, -0.1) is 0 Å². The van der Waals surface area contributed by atoms with E-state index in [1.165, 1.54) is 12.8 Å². The Hall–Kier alpha value is -1.62. The van der Waals surface area contributed by atoms with E-state index in [4.69, 9.17) is 4.74 Å². The summed E-state index contributed by atoms with van der Waals surface area (Å²) in [6.45, 7) is 6.95. The number of carbonyl (C=O) groups is 1.